The monoisotopic (exact) mass is 382 g/mol. The molecule has 4 nitrogen and oxygen atoms in total. The Bertz CT molecular complexity index is 528. The van der Waals surface area contributed by atoms with Crippen LogP contribution in [0.3, 0.4) is 0 Å². The van der Waals surface area contributed by atoms with E-state index in [0.29, 0.717) is 5.92 Å². The SMILES string of the molecule is CC(C)(C)OC(=O)N1CCC[C@H](CNCc2ccccc2Br)C1. The Morgan fingerprint density at radius 2 is 2.13 bits per heavy atom. The van der Waals surface area contributed by atoms with Gasteiger partial charge < -0.3 is 15.0 Å². The maximum atomic E-state index is 12.2. The lowest BCUT2D eigenvalue weighted by Crippen LogP contribution is -2.45. The molecular formula is C18H27BrN2O2. The molecule has 0 saturated carbocycles. The smallest absolute Gasteiger partial charge is 0.410 e. The van der Waals surface area contributed by atoms with Gasteiger partial charge in [0.25, 0.3) is 0 Å². The highest BCUT2D eigenvalue weighted by molar-refractivity contribution is 9.10. The molecule has 5 heteroatoms. The summed E-state index contributed by atoms with van der Waals surface area (Å²) in [5, 5.41) is 3.51. The van der Waals surface area contributed by atoms with Crippen molar-refractivity contribution in [1.29, 1.82) is 0 Å². The van der Waals surface area contributed by atoms with Crippen molar-refractivity contribution in [1.82, 2.24) is 10.2 Å². The van der Waals surface area contributed by atoms with Crippen molar-refractivity contribution >= 4 is 22.0 Å². The molecule has 1 atom stereocenters. The molecule has 128 valence electrons. The molecule has 1 saturated heterocycles. The third-order valence-corrected chi connectivity index (χ3v) is 4.65. The number of nitrogens with one attached hydrogen (secondary N) is 1. The van der Waals surface area contributed by atoms with E-state index < -0.39 is 5.60 Å². The van der Waals surface area contributed by atoms with Crippen molar-refractivity contribution in [3.05, 3.63) is 34.3 Å². The van der Waals surface area contributed by atoms with Crippen LogP contribution in [-0.4, -0.2) is 36.2 Å². The van der Waals surface area contributed by atoms with E-state index in [2.05, 4.69) is 33.4 Å². The van der Waals surface area contributed by atoms with E-state index in [0.717, 1.165) is 43.5 Å². The molecule has 0 unspecified atom stereocenters. The number of rotatable bonds is 4. The van der Waals surface area contributed by atoms with Gasteiger partial charge in [0.1, 0.15) is 5.60 Å². The van der Waals surface area contributed by atoms with E-state index in [1.165, 1.54) is 5.56 Å². The molecular weight excluding hydrogens is 356 g/mol. The molecule has 0 aromatic heterocycles. The van der Waals surface area contributed by atoms with Crippen molar-refractivity contribution < 1.29 is 9.53 Å². The van der Waals surface area contributed by atoms with E-state index >= 15 is 0 Å². The minimum absolute atomic E-state index is 0.187. The zero-order valence-corrected chi connectivity index (χ0v) is 15.9. The van der Waals surface area contributed by atoms with E-state index in [-0.39, 0.29) is 6.09 Å². The molecule has 1 aromatic carbocycles. The highest BCUT2D eigenvalue weighted by Crippen LogP contribution is 2.20. The van der Waals surface area contributed by atoms with Gasteiger partial charge in [0.2, 0.25) is 0 Å². The van der Waals surface area contributed by atoms with Gasteiger partial charge in [-0.05, 0) is 57.7 Å². The number of hydrogen-bond acceptors (Lipinski definition) is 3. The van der Waals surface area contributed by atoms with E-state index in [4.69, 9.17) is 4.74 Å². The summed E-state index contributed by atoms with van der Waals surface area (Å²) in [6.45, 7) is 9.06. The lowest BCUT2D eigenvalue weighted by atomic mass is 9.98. The van der Waals surface area contributed by atoms with Gasteiger partial charge in [0, 0.05) is 24.1 Å². The zero-order chi connectivity index (χ0) is 16.9. The molecule has 23 heavy (non-hydrogen) atoms. The summed E-state index contributed by atoms with van der Waals surface area (Å²) in [6.07, 6.45) is 2.01. The standard InChI is InChI=1S/C18H27BrN2O2/c1-18(2,3)23-17(22)21-10-6-7-14(13-21)11-20-12-15-8-4-5-9-16(15)19/h4-5,8-9,14,20H,6-7,10-13H2,1-3H3/t14-/m1/s1. The Kier molecular flexibility index (Phi) is 6.48. The quantitative estimate of drug-likeness (QED) is 0.848. The van der Waals surface area contributed by atoms with Crippen LogP contribution in [0.1, 0.15) is 39.2 Å². The molecule has 1 amide bonds. The normalized spacial score (nSPS) is 18.8. The highest BCUT2D eigenvalue weighted by Gasteiger charge is 2.27. The molecule has 0 spiro atoms. The molecule has 2 rings (SSSR count). The fourth-order valence-electron chi connectivity index (χ4n) is 2.78. The van der Waals surface area contributed by atoms with Crippen LogP contribution in [0, 0.1) is 5.92 Å². The second-order valence-electron chi connectivity index (χ2n) is 7.16. The van der Waals surface area contributed by atoms with Gasteiger partial charge in [-0.1, -0.05) is 34.1 Å². The predicted octanol–water partition coefficient (Wildman–Crippen LogP) is 4.19. The Morgan fingerprint density at radius 1 is 1.39 bits per heavy atom. The molecule has 1 fully saturated rings. The number of piperidine rings is 1. The minimum Gasteiger partial charge on any atom is -0.444 e. The lowest BCUT2D eigenvalue weighted by molar-refractivity contribution is 0.0166. The molecule has 1 heterocycles. The van der Waals surface area contributed by atoms with Gasteiger partial charge in [-0.15, -0.1) is 0 Å². The van der Waals surface area contributed by atoms with Crippen molar-refractivity contribution in [3.8, 4) is 0 Å². The molecule has 1 N–H and O–H groups in total. The number of halogens is 1. The average molecular weight is 383 g/mol. The maximum absolute atomic E-state index is 12.2. The summed E-state index contributed by atoms with van der Waals surface area (Å²) in [6, 6.07) is 8.24. The van der Waals surface area contributed by atoms with Crippen molar-refractivity contribution in [3.63, 3.8) is 0 Å². The van der Waals surface area contributed by atoms with Crippen LogP contribution in [0.5, 0.6) is 0 Å². The van der Waals surface area contributed by atoms with Crippen LogP contribution in [0.4, 0.5) is 4.79 Å². The summed E-state index contributed by atoms with van der Waals surface area (Å²) in [5.74, 6) is 0.485. The Morgan fingerprint density at radius 3 is 2.83 bits per heavy atom. The third kappa shape index (κ3) is 6.15. The summed E-state index contributed by atoms with van der Waals surface area (Å²) in [5.41, 5.74) is 0.828. The van der Waals surface area contributed by atoms with Gasteiger partial charge >= 0.3 is 6.09 Å². The molecule has 1 aliphatic rings. The topological polar surface area (TPSA) is 41.6 Å². The predicted molar refractivity (Wildman–Crippen MR) is 96.4 cm³/mol. The van der Waals surface area contributed by atoms with Crippen LogP contribution in [0.2, 0.25) is 0 Å². The van der Waals surface area contributed by atoms with Gasteiger partial charge in [0.05, 0.1) is 0 Å². The van der Waals surface area contributed by atoms with Crippen LogP contribution >= 0.6 is 15.9 Å². The van der Waals surface area contributed by atoms with Gasteiger partial charge in [-0.3, -0.25) is 0 Å². The summed E-state index contributed by atoms with van der Waals surface area (Å²) in [7, 11) is 0. The van der Waals surface area contributed by atoms with Crippen LogP contribution in [0.15, 0.2) is 28.7 Å². The first-order valence-corrected chi connectivity index (χ1v) is 9.06. The summed E-state index contributed by atoms with van der Waals surface area (Å²) in [4.78, 5) is 14.0. The summed E-state index contributed by atoms with van der Waals surface area (Å²) >= 11 is 3.57. The average Bonchev–Trinajstić information content (AvgIpc) is 2.48. The Balaban J connectivity index is 1.78. The zero-order valence-electron chi connectivity index (χ0n) is 14.3. The first-order chi connectivity index (χ1) is 10.8. The fourth-order valence-corrected chi connectivity index (χ4v) is 3.20. The van der Waals surface area contributed by atoms with Crippen LogP contribution in [0.25, 0.3) is 0 Å². The lowest BCUT2D eigenvalue weighted by Gasteiger charge is -2.34. The molecule has 1 aliphatic heterocycles. The number of carbonyl (C=O) groups is 1. The Hall–Kier alpha value is -1.07. The van der Waals surface area contributed by atoms with E-state index in [1.54, 1.807) is 0 Å². The number of hydrogen-bond donors (Lipinski definition) is 1. The number of benzene rings is 1. The number of likely N-dealkylation sites (tertiary alicyclic amines) is 1. The van der Waals surface area contributed by atoms with Crippen LogP contribution in [-0.2, 0) is 11.3 Å². The molecule has 0 bridgehead atoms. The number of nitrogens with zero attached hydrogens (tertiary/aromatic N) is 1. The van der Waals surface area contributed by atoms with Gasteiger partial charge in [-0.2, -0.15) is 0 Å². The highest BCUT2D eigenvalue weighted by atomic mass is 79.9. The van der Waals surface area contributed by atoms with Crippen molar-refractivity contribution in [2.75, 3.05) is 19.6 Å². The summed E-state index contributed by atoms with van der Waals surface area (Å²) < 4.78 is 6.61. The number of amides is 1. The minimum atomic E-state index is -0.429. The van der Waals surface area contributed by atoms with Crippen molar-refractivity contribution in [2.45, 2.75) is 45.8 Å². The second kappa shape index (κ2) is 8.15. The third-order valence-electron chi connectivity index (χ3n) is 3.88. The van der Waals surface area contributed by atoms with E-state index in [9.17, 15) is 4.79 Å². The van der Waals surface area contributed by atoms with E-state index in [1.807, 2.05) is 37.8 Å². The fraction of sp³-hybridized carbons (Fsp3) is 0.611. The first-order valence-electron chi connectivity index (χ1n) is 8.27. The Labute approximate surface area is 147 Å². The molecule has 0 aliphatic carbocycles. The van der Waals surface area contributed by atoms with Crippen molar-refractivity contribution in [2.24, 2.45) is 5.92 Å². The van der Waals surface area contributed by atoms with Gasteiger partial charge in [-0.25, -0.2) is 4.79 Å². The number of ether oxygens (including phenoxy) is 1. The largest absolute Gasteiger partial charge is 0.444 e. The second-order valence-corrected chi connectivity index (χ2v) is 8.01. The first kappa shape index (κ1) is 18.3. The van der Waals surface area contributed by atoms with Crippen LogP contribution < -0.4 is 5.32 Å². The van der Waals surface area contributed by atoms with Gasteiger partial charge in [0.15, 0.2) is 0 Å². The molecule has 0 radical (unpaired) electrons. The molecule has 1 aromatic rings. The number of carbonyl (C=O) groups excluding carboxylic acids is 1. The maximum Gasteiger partial charge on any atom is 0.410 e.